The molecule has 0 saturated carbocycles. The molecule has 0 radical (unpaired) electrons. The molecule has 2 heteroatoms. The lowest BCUT2D eigenvalue weighted by Crippen LogP contribution is -1.94. The standard InChI is InChI=1S/C9H10O2/c1-2-8-3-5-9(6-4-8)11-7-10/h2-3,5,7H,1,4,6H2. The Bertz CT molecular complexity index is 224. The van der Waals surface area contributed by atoms with Gasteiger partial charge in [0.15, 0.2) is 0 Å². The van der Waals surface area contributed by atoms with Crippen LogP contribution in [-0.2, 0) is 9.53 Å². The van der Waals surface area contributed by atoms with E-state index in [9.17, 15) is 4.79 Å². The SMILES string of the molecule is C=CC1=CC=C(OC=O)CC1. The van der Waals surface area contributed by atoms with Crippen molar-refractivity contribution in [1.82, 2.24) is 0 Å². The molecule has 1 rings (SSSR count). The van der Waals surface area contributed by atoms with Crippen LogP contribution in [0.15, 0.2) is 36.1 Å². The van der Waals surface area contributed by atoms with Gasteiger partial charge in [-0.1, -0.05) is 18.7 Å². The van der Waals surface area contributed by atoms with Gasteiger partial charge in [-0.2, -0.15) is 0 Å². The van der Waals surface area contributed by atoms with Crippen molar-refractivity contribution in [3.63, 3.8) is 0 Å². The van der Waals surface area contributed by atoms with Crippen molar-refractivity contribution in [2.45, 2.75) is 12.8 Å². The zero-order valence-corrected chi connectivity index (χ0v) is 6.25. The Morgan fingerprint density at radius 2 is 2.27 bits per heavy atom. The number of rotatable bonds is 3. The summed E-state index contributed by atoms with van der Waals surface area (Å²) in [6.07, 6.45) is 7.22. The summed E-state index contributed by atoms with van der Waals surface area (Å²) in [6.45, 7) is 4.10. The Balaban J connectivity index is 2.60. The van der Waals surface area contributed by atoms with Crippen molar-refractivity contribution >= 4 is 6.47 Å². The number of carbonyl (C=O) groups is 1. The van der Waals surface area contributed by atoms with Crippen molar-refractivity contribution in [1.29, 1.82) is 0 Å². The number of hydrogen-bond acceptors (Lipinski definition) is 2. The second kappa shape index (κ2) is 3.76. The number of hydrogen-bond donors (Lipinski definition) is 0. The van der Waals surface area contributed by atoms with Gasteiger partial charge in [0.05, 0.1) is 0 Å². The first-order valence-corrected chi connectivity index (χ1v) is 3.49. The third-order valence-electron chi connectivity index (χ3n) is 1.61. The smallest absolute Gasteiger partial charge is 0.298 e. The number of allylic oxidation sites excluding steroid dienone is 5. The van der Waals surface area contributed by atoms with Crippen LogP contribution in [0.25, 0.3) is 0 Å². The quantitative estimate of drug-likeness (QED) is 0.575. The maximum absolute atomic E-state index is 9.92. The predicted molar refractivity (Wildman–Crippen MR) is 42.7 cm³/mol. The minimum atomic E-state index is 0.457. The molecule has 0 N–H and O–H groups in total. The van der Waals surface area contributed by atoms with E-state index >= 15 is 0 Å². The van der Waals surface area contributed by atoms with E-state index in [0.29, 0.717) is 6.47 Å². The Kier molecular flexibility index (Phi) is 2.66. The van der Waals surface area contributed by atoms with Gasteiger partial charge < -0.3 is 4.74 Å². The van der Waals surface area contributed by atoms with E-state index in [1.807, 2.05) is 12.2 Å². The van der Waals surface area contributed by atoms with Crippen LogP contribution in [-0.4, -0.2) is 6.47 Å². The van der Waals surface area contributed by atoms with Gasteiger partial charge in [0.2, 0.25) is 0 Å². The third kappa shape index (κ3) is 2.08. The molecule has 0 heterocycles. The lowest BCUT2D eigenvalue weighted by atomic mass is 10.0. The van der Waals surface area contributed by atoms with Crippen LogP contribution in [0.5, 0.6) is 0 Å². The Hall–Kier alpha value is -1.31. The molecule has 11 heavy (non-hydrogen) atoms. The summed E-state index contributed by atoms with van der Waals surface area (Å²) >= 11 is 0. The lowest BCUT2D eigenvalue weighted by molar-refractivity contribution is -0.125. The molecular formula is C9H10O2. The fourth-order valence-corrected chi connectivity index (χ4v) is 0.964. The van der Waals surface area contributed by atoms with Crippen molar-refractivity contribution in [3.8, 4) is 0 Å². The van der Waals surface area contributed by atoms with Crippen LogP contribution in [0.3, 0.4) is 0 Å². The molecule has 0 aliphatic heterocycles. The highest BCUT2D eigenvalue weighted by Gasteiger charge is 2.03. The van der Waals surface area contributed by atoms with Gasteiger partial charge in [-0.05, 0) is 18.1 Å². The van der Waals surface area contributed by atoms with Crippen LogP contribution in [0, 0.1) is 0 Å². The zero-order valence-electron chi connectivity index (χ0n) is 6.25. The van der Waals surface area contributed by atoms with Gasteiger partial charge in [0, 0.05) is 6.42 Å². The van der Waals surface area contributed by atoms with Crippen LogP contribution in [0.4, 0.5) is 0 Å². The van der Waals surface area contributed by atoms with E-state index in [0.717, 1.165) is 18.6 Å². The minimum Gasteiger partial charge on any atom is -0.433 e. The topological polar surface area (TPSA) is 26.3 Å². The molecule has 0 aromatic heterocycles. The van der Waals surface area contributed by atoms with E-state index in [1.165, 1.54) is 5.57 Å². The monoisotopic (exact) mass is 150 g/mol. The van der Waals surface area contributed by atoms with E-state index in [4.69, 9.17) is 0 Å². The first kappa shape index (κ1) is 7.79. The normalized spacial score (nSPS) is 16.4. The summed E-state index contributed by atoms with van der Waals surface area (Å²) in [5.41, 5.74) is 1.18. The summed E-state index contributed by atoms with van der Waals surface area (Å²) in [4.78, 5) is 9.92. The molecule has 0 atom stereocenters. The summed E-state index contributed by atoms with van der Waals surface area (Å²) in [7, 11) is 0. The molecule has 0 aromatic carbocycles. The Labute approximate surface area is 65.9 Å². The van der Waals surface area contributed by atoms with Gasteiger partial charge in [-0.3, -0.25) is 4.79 Å². The largest absolute Gasteiger partial charge is 0.433 e. The lowest BCUT2D eigenvalue weighted by Gasteiger charge is -2.08. The molecule has 0 fully saturated rings. The second-order valence-electron chi connectivity index (χ2n) is 2.29. The molecule has 0 saturated heterocycles. The molecule has 0 amide bonds. The molecule has 0 bridgehead atoms. The molecule has 0 unspecified atom stereocenters. The van der Waals surface area contributed by atoms with Crippen LogP contribution in [0.1, 0.15) is 12.8 Å². The van der Waals surface area contributed by atoms with Crippen molar-refractivity contribution in [2.75, 3.05) is 0 Å². The van der Waals surface area contributed by atoms with Crippen LogP contribution < -0.4 is 0 Å². The summed E-state index contributed by atoms with van der Waals surface area (Å²) < 4.78 is 4.68. The average Bonchev–Trinajstić information content (AvgIpc) is 2.07. The van der Waals surface area contributed by atoms with Crippen LogP contribution >= 0.6 is 0 Å². The number of ether oxygens (including phenoxy) is 1. The van der Waals surface area contributed by atoms with Crippen LogP contribution in [0.2, 0.25) is 0 Å². The Morgan fingerprint density at radius 1 is 1.45 bits per heavy atom. The maximum atomic E-state index is 9.92. The van der Waals surface area contributed by atoms with Gasteiger partial charge in [-0.25, -0.2) is 0 Å². The summed E-state index contributed by atoms with van der Waals surface area (Å²) in [5.74, 6) is 0.727. The third-order valence-corrected chi connectivity index (χ3v) is 1.61. The molecule has 1 aliphatic carbocycles. The highest BCUT2D eigenvalue weighted by molar-refractivity contribution is 5.41. The van der Waals surface area contributed by atoms with Crippen molar-refractivity contribution in [2.24, 2.45) is 0 Å². The second-order valence-corrected chi connectivity index (χ2v) is 2.29. The zero-order chi connectivity index (χ0) is 8.10. The Morgan fingerprint density at radius 3 is 2.73 bits per heavy atom. The molecule has 0 spiro atoms. The highest BCUT2D eigenvalue weighted by atomic mass is 16.5. The fourth-order valence-electron chi connectivity index (χ4n) is 0.964. The molecule has 58 valence electrons. The average molecular weight is 150 g/mol. The summed E-state index contributed by atoms with van der Waals surface area (Å²) in [6, 6.07) is 0. The molecule has 1 aliphatic rings. The minimum absolute atomic E-state index is 0.457. The van der Waals surface area contributed by atoms with E-state index < -0.39 is 0 Å². The van der Waals surface area contributed by atoms with Gasteiger partial charge >= 0.3 is 0 Å². The van der Waals surface area contributed by atoms with Crippen molar-refractivity contribution < 1.29 is 9.53 Å². The van der Waals surface area contributed by atoms with Gasteiger partial charge in [0.1, 0.15) is 5.76 Å². The van der Waals surface area contributed by atoms with Gasteiger partial charge in [-0.15, -0.1) is 0 Å². The van der Waals surface area contributed by atoms with E-state index in [1.54, 1.807) is 6.08 Å². The number of carbonyl (C=O) groups excluding carboxylic acids is 1. The van der Waals surface area contributed by atoms with Gasteiger partial charge in [0.25, 0.3) is 6.47 Å². The highest BCUT2D eigenvalue weighted by Crippen LogP contribution is 2.18. The predicted octanol–water partition coefficient (Wildman–Crippen LogP) is 1.95. The molecular weight excluding hydrogens is 140 g/mol. The fraction of sp³-hybridized carbons (Fsp3) is 0.222. The van der Waals surface area contributed by atoms with E-state index in [2.05, 4.69) is 11.3 Å². The first-order valence-electron chi connectivity index (χ1n) is 3.49. The van der Waals surface area contributed by atoms with Crippen molar-refractivity contribution in [3.05, 3.63) is 36.1 Å². The molecule has 2 nitrogen and oxygen atoms in total. The molecule has 0 aromatic rings. The summed E-state index contributed by atoms with van der Waals surface area (Å²) in [5, 5.41) is 0. The first-order chi connectivity index (χ1) is 5.36. The van der Waals surface area contributed by atoms with E-state index in [-0.39, 0.29) is 0 Å². The maximum Gasteiger partial charge on any atom is 0.298 e.